The predicted octanol–water partition coefficient (Wildman–Crippen LogP) is 2.07. The van der Waals surface area contributed by atoms with Gasteiger partial charge in [-0.2, -0.15) is 0 Å². The van der Waals surface area contributed by atoms with Gasteiger partial charge < -0.3 is 34.3 Å². The van der Waals surface area contributed by atoms with Crippen LogP contribution >= 0.6 is 15.9 Å². The van der Waals surface area contributed by atoms with Crippen molar-refractivity contribution in [2.75, 3.05) is 98.4 Å². The van der Waals surface area contributed by atoms with Gasteiger partial charge in [-0.1, -0.05) is 15.9 Å². The summed E-state index contributed by atoms with van der Waals surface area (Å²) in [6.07, 6.45) is -0.254. The zero-order chi connectivity index (χ0) is 31.7. The molecule has 2 N–H and O–H groups in total. The molecule has 13 nitrogen and oxygen atoms in total. The number of ether oxygens (including phenoxy) is 5. The third-order valence-corrected chi connectivity index (χ3v) is 7.33. The number of nitrogens with zero attached hydrogens (tertiary/aromatic N) is 3. The molecule has 0 saturated carbocycles. The number of morpholine rings is 2. The second kappa shape index (κ2) is 20.3. The van der Waals surface area contributed by atoms with Gasteiger partial charge in [0.05, 0.1) is 26.4 Å². The average molecular weight is 681 g/mol. The molecule has 0 spiro atoms. The molecule has 2 rings (SSSR count). The highest BCUT2D eigenvalue weighted by Crippen LogP contribution is 2.18. The highest BCUT2D eigenvalue weighted by atomic mass is 79.9. The molecule has 250 valence electrons. The number of hydrogen-bond donors (Lipinski definition) is 2. The molecule has 0 radical (unpaired) electrons. The van der Waals surface area contributed by atoms with Gasteiger partial charge in [-0.15, -0.1) is 0 Å². The molecule has 2 fully saturated rings. The van der Waals surface area contributed by atoms with Gasteiger partial charge in [-0.25, -0.2) is 9.59 Å². The van der Waals surface area contributed by atoms with E-state index in [-0.39, 0.29) is 24.3 Å². The second-order valence-corrected chi connectivity index (χ2v) is 13.8. The van der Waals surface area contributed by atoms with Crippen molar-refractivity contribution in [3.63, 3.8) is 0 Å². The first kappa shape index (κ1) is 37.5. The first-order valence-electron chi connectivity index (χ1n) is 15.5. The first-order chi connectivity index (χ1) is 20.4. The van der Waals surface area contributed by atoms with Crippen molar-refractivity contribution in [3.05, 3.63) is 0 Å². The van der Waals surface area contributed by atoms with E-state index in [9.17, 15) is 14.4 Å². The van der Waals surface area contributed by atoms with E-state index < -0.39 is 16.5 Å². The van der Waals surface area contributed by atoms with Gasteiger partial charge in [0, 0.05) is 58.9 Å². The molecule has 2 heterocycles. The van der Waals surface area contributed by atoms with Crippen LogP contribution in [0, 0.1) is 0 Å². The monoisotopic (exact) mass is 679 g/mol. The van der Waals surface area contributed by atoms with E-state index in [0.717, 1.165) is 26.2 Å². The molecule has 3 unspecified atom stereocenters. The lowest BCUT2D eigenvalue weighted by atomic mass is 10.2. The first-order valence-corrected chi connectivity index (χ1v) is 16.3. The van der Waals surface area contributed by atoms with E-state index in [1.54, 1.807) is 13.8 Å². The van der Waals surface area contributed by atoms with Crippen LogP contribution in [0.5, 0.6) is 0 Å². The second-order valence-electron chi connectivity index (χ2n) is 11.8. The van der Waals surface area contributed by atoms with Gasteiger partial charge in [0.15, 0.2) is 0 Å². The molecule has 2 saturated heterocycles. The van der Waals surface area contributed by atoms with Crippen LogP contribution in [0.1, 0.15) is 47.5 Å². The number of halogens is 1. The Bertz CT molecular complexity index is 773. The number of alkyl carbamates (subject to hydrolysis) is 2. The zero-order valence-corrected chi connectivity index (χ0v) is 28.3. The number of esters is 1. The minimum atomic E-state index is -0.765. The van der Waals surface area contributed by atoms with Crippen LogP contribution in [0.25, 0.3) is 0 Å². The number of amides is 2. The van der Waals surface area contributed by atoms with Gasteiger partial charge in [-0.05, 0) is 60.5 Å². The zero-order valence-electron chi connectivity index (χ0n) is 26.7. The Hall–Kier alpha value is -1.71. The fraction of sp³-hybridized carbons (Fsp3) is 0.897. The minimum absolute atomic E-state index is 0.217. The summed E-state index contributed by atoms with van der Waals surface area (Å²) < 4.78 is 26.6. The largest absolute Gasteiger partial charge is 0.460 e. The fourth-order valence-electron chi connectivity index (χ4n) is 4.82. The Kier molecular flexibility index (Phi) is 17.7. The maximum Gasteiger partial charge on any atom is 0.407 e. The standard InChI is InChI=1S/C29H54BrN5O8/c1-23(41-26(36)29(4,5)30)20-33(10-6-8-31-27(37)42-24(2)21-34-12-16-39-17-13-34)11-7-9-32-28(38)43-25(3)22-35-14-18-40-19-15-35/h23-25H,6-22H2,1-5H3,(H,31,37)(H,32,38). The molecule has 0 aromatic rings. The number of rotatable bonds is 18. The normalized spacial score (nSPS) is 18.9. The Morgan fingerprint density at radius 1 is 0.767 bits per heavy atom. The van der Waals surface area contributed by atoms with Crippen LogP contribution in [0.15, 0.2) is 0 Å². The maximum absolute atomic E-state index is 12.3. The minimum Gasteiger partial charge on any atom is -0.460 e. The molecule has 14 heteroatoms. The van der Waals surface area contributed by atoms with Crippen molar-refractivity contribution in [1.82, 2.24) is 25.3 Å². The summed E-state index contributed by atoms with van der Waals surface area (Å²) in [6, 6.07) is 0. The van der Waals surface area contributed by atoms with Crippen LogP contribution < -0.4 is 10.6 Å². The fourth-order valence-corrected chi connectivity index (χ4v) is 4.92. The lowest BCUT2D eigenvalue weighted by molar-refractivity contribution is -0.150. The van der Waals surface area contributed by atoms with Crippen LogP contribution in [0.2, 0.25) is 0 Å². The molecule has 0 bridgehead atoms. The van der Waals surface area contributed by atoms with E-state index in [1.165, 1.54) is 0 Å². The Morgan fingerprint density at radius 3 is 1.58 bits per heavy atom. The third kappa shape index (κ3) is 17.4. The summed E-state index contributed by atoms with van der Waals surface area (Å²) in [6.45, 7) is 19.5. The number of carbonyl (C=O) groups is 3. The lowest BCUT2D eigenvalue weighted by Gasteiger charge is -2.29. The smallest absolute Gasteiger partial charge is 0.407 e. The van der Waals surface area contributed by atoms with Crippen molar-refractivity contribution in [3.8, 4) is 0 Å². The SMILES string of the molecule is CC(CN1CCOCC1)OC(=O)NCCCN(CCCNC(=O)OC(C)CN1CCOCC1)CC(C)OC(=O)C(C)(C)Br. The quantitative estimate of drug-likeness (QED) is 0.0955. The number of nitrogens with one attached hydrogen (secondary N) is 2. The van der Waals surface area contributed by atoms with Gasteiger partial charge in [0.2, 0.25) is 0 Å². The number of carbonyl (C=O) groups excluding carboxylic acids is 3. The van der Waals surface area contributed by atoms with Crippen molar-refractivity contribution >= 4 is 34.1 Å². The van der Waals surface area contributed by atoms with Crippen LogP contribution in [-0.4, -0.2) is 154 Å². The molecule has 2 amide bonds. The molecule has 0 aromatic carbocycles. The number of alkyl halides is 1. The lowest BCUT2D eigenvalue weighted by Crippen LogP contribution is -2.42. The maximum atomic E-state index is 12.3. The van der Waals surface area contributed by atoms with E-state index in [2.05, 4.69) is 41.3 Å². The summed E-state index contributed by atoms with van der Waals surface area (Å²) in [4.78, 5) is 43.5. The molecule has 3 atom stereocenters. The van der Waals surface area contributed by atoms with Crippen LogP contribution in [-0.2, 0) is 28.5 Å². The van der Waals surface area contributed by atoms with Crippen molar-refractivity contribution in [2.24, 2.45) is 0 Å². The highest BCUT2D eigenvalue weighted by Gasteiger charge is 2.27. The van der Waals surface area contributed by atoms with Crippen molar-refractivity contribution in [1.29, 1.82) is 0 Å². The van der Waals surface area contributed by atoms with E-state index in [1.807, 2.05) is 20.8 Å². The van der Waals surface area contributed by atoms with Gasteiger partial charge >= 0.3 is 18.2 Å². The van der Waals surface area contributed by atoms with Gasteiger partial charge in [-0.3, -0.25) is 19.5 Å². The summed E-state index contributed by atoms with van der Waals surface area (Å²) in [5.74, 6) is -0.328. The average Bonchev–Trinajstić information content (AvgIpc) is 2.93. The van der Waals surface area contributed by atoms with E-state index in [0.29, 0.717) is 85.1 Å². The summed E-state index contributed by atoms with van der Waals surface area (Å²) in [5.41, 5.74) is 0. The summed E-state index contributed by atoms with van der Waals surface area (Å²) >= 11 is 3.35. The van der Waals surface area contributed by atoms with Crippen LogP contribution in [0.3, 0.4) is 0 Å². The molecule has 43 heavy (non-hydrogen) atoms. The molecular weight excluding hydrogens is 626 g/mol. The van der Waals surface area contributed by atoms with Crippen molar-refractivity contribution in [2.45, 2.75) is 70.1 Å². The van der Waals surface area contributed by atoms with Crippen LogP contribution in [0.4, 0.5) is 9.59 Å². The predicted molar refractivity (Wildman–Crippen MR) is 167 cm³/mol. The van der Waals surface area contributed by atoms with E-state index in [4.69, 9.17) is 23.7 Å². The molecular formula is C29H54BrN5O8. The molecule has 0 aromatic heterocycles. The van der Waals surface area contributed by atoms with Gasteiger partial charge in [0.25, 0.3) is 0 Å². The van der Waals surface area contributed by atoms with E-state index >= 15 is 0 Å². The summed E-state index contributed by atoms with van der Waals surface area (Å²) in [5, 5.41) is 5.67. The Balaban J connectivity index is 1.71. The topological polar surface area (TPSA) is 131 Å². The Labute approximate surface area is 265 Å². The molecule has 0 aliphatic carbocycles. The van der Waals surface area contributed by atoms with Gasteiger partial charge in [0.1, 0.15) is 22.6 Å². The Morgan fingerprint density at radius 2 is 1.19 bits per heavy atom. The summed E-state index contributed by atoms with van der Waals surface area (Å²) in [7, 11) is 0. The molecule has 2 aliphatic heterocycles. The van der Waals surface area contributed by atoms with Crippen molar-refractivity contribution < 1.29 is 38.1 Å². The number of hydrogen-bond acceptors (Lipinski definition) is 11. The molecule has 2 aliphatic rings. The third-order valence-electron chi connectivity index (χ3n) is 7.00. The highest BCUT2D eigenvalue weighted by molar-refractivity contribution is 9.10.